The number of imidazole rings is 1. The molecule has 6 heteroatoms. The molecule has 0 radical (unpaired) electrons. The smallest absolute Gasteiger partial charge is 0.148 e. The van der Waals surface area contributed by atoms with Crippen molar-refractivity contribution in [2.24, 2.45) is 0 Å². The second-order valence-corrected chi connectivity index (χ2v) is 6.82. The molecule has 148 valence electrons. The molecule has 4 rings (SSSR count). The largest absolute Gasteiger partial charge is 0.497 e. The minimum atomic E-state index is 0.317. The van der Waals surface area contributed by atoms with Gasteiger partial charge < -0.3 is 18.8 Å². The summed E-state index contributed by atoms with van der Waals surface area (Å²) in [5, 5.41) is 0.580. The van der Waals surface area contributed by atoms with Gasteiger partial charge in [0.2, 0.25) is 0 Å². The summed E-state index contributed by atoms with van der Waals surface area (Å²) in [6, 6.07) is 23.0. The zero-order chi connectivity index (χ0) is 20.1. The first-order chi connectivity index (χ1) is 14.2. The molecule has 4 aromatic rings. The molecule has 5 nitrogen and oxygen atoms in total. The van der Waals surface area contributed by atoms with Gasteiger partial charge in [0, 0.05) is 6.07 Å². The third kappa shape index (κ3) is 4.46. The second kappa shape index (κ2) is 8.88. The summed E-state index contributed by atoms with van der Waals surface area (Å²) >= 11 is 6.20. The Bertz CT molecular complexity index is 1110. The van der Waals surface area contributed by atoms with Crippen molar-refractivity contribution in [3.8, 4) is 17.2 Å². The lowest BCUT2D eigenvalue weighted by molar-refractivity contribution is 0.272. The second-order valence-electron chi connectivity index (χ2n) is 6.41. The Morgan fingerprint density at radius 3 is 2.55 bits per heavy atom. The number of hydrogen-bond donors (Lipinski definition) is 0. The Morgan fingerprint density at radius 1 is 0.897 bits per heavy atom. The Hall–Kier alpha value is -3.18. The highest BCUT2D eigenvalue weighted by atomic mass is 35.5. The number of fused-ring (bicyclic) bond motifs is 1. The van der Waals surface area contributed by atoms with Crippen LogP contribution in [-0.4, -0.2) is 23.3 Å². The van der Waals surface area contributed by atoms with E-state index >= 15 is 0 Å². The van der Waals surface area contributed by atoms with Crippen molar-refractivity contribution in [1.82, 2.24) is 9.55 Å². The van der Waals surface area contributed by atoms with E-state index in [0.717, 1.165) is 28.4 Å². The number of ether oxygens (including phenoxy) is 3. The van der Waals surface area contributed by atoms with Crippen LogP contribution in [0.4, 0.5) is 0 Å². The van der Waals surface area contributed by atoms with Gasteiger partial charge in [0.05, 0.1) is 29.7 Å². The van der Waals surface area contributed by atoms with Crippen LogP contribution in [0.5, 0.6) is 17.2 Å². The number of rotatable bonds is 8. The summed E-state index contributed by atoms with van der Waals surface area (Å²) in [5.74, 6) is 2.99. The monoisotopic (exact) mass is 408 g/mol. The Kier molecular flexibility index (Phi) is 5.86. The van der Waals surface area contributed by atoms with E-state index in [0.29, 0.717) is 30.5 Å². The van der Waals surface area contributed by atoms with E-state index in [4.69, 9.17) is 30.8 Å². The van der Waals surface area contributed by atoms with Gasteiger partial charge in [0.1, 0.15) is 36.3 Å². The summed E-state index contributed by atoms with van der Waals surface area (Å²) < 4.78 is 19.2. The number of methoxy groups -OCH3 is 1. The van der Waals surface area contributed by atoms with Gasteiger partial charge in [-0.1, -0.05) is 41.9 Å². The number of hydrogen-bond acceptors (Lipinski definition) is 4. The van der Waals surface area contributed by atoms with Crippen molar-refractivity contribution in [3.05, 3.63) is 83.6 Å². The highest BCUT2D eigenvalue weighted by Gasteiger charge is 2.12. The van der Waals surface area contributed by atoms with Crippen molar-refractivity contribution in [1.29, 1.82) is 0 Å². The van der Waals surface area contributed by atoms with Gasteiger partial charge in [-0.2, -0.15) is 0 Å². The molecule has 0 saturated carbocycles. The zero-order valence-corrected chi connectivity index (χ0v) is 16.8. The first-order valence-electron chi connectivity index (χ1n) is 9.33. The summed E-state index contributed by atoms with van der Waals surface area (Å²) in [6.07, 6.45) is 0. The number of para-hydroxylation sites is 3. The summed E-state index contributed by atoms with van der Waals surface area (Å²) in [7, 11) is 1.64. The lowest BCUT2D eigenvalue weighted by Crippen LogP contribution is -2.13. The molecule has 0 fully saturated rings. The third-order valence-electron chi connectivity index (χ3n) is 4.55. The number of aromatic nitrogens is 2. The Morgan fingerprint density at radius 2 is 1.69 bits per heavy atom. The molecule has 0 unspecified atom stereocenters. The van der Waals surface area contributed by atoms with Crippen LogP contribution >= 0.6 is 11.6 Å². The van der Waals surface area contributed by atoms with Crippen molar-refractivity contribution in [2.75, 3.05) is 13.7 Å². The van der Waals surface area contributed by atoms with E-state index < -0.39 is 0 Å². The normalized spacial score (nSPS) is 10.8. The summed E-state index contributed by atoms with van der Waals surface area (Å²) in [6.45, 7) is 1.45. The van der Waals surface area contributed by atoms with Crippen molar-refractivity contribution >= 4 is 22.6 Å². The molecular weight excluding hydrogens is 388 g/mol. The fourth-order valence-electron chi connectivity index (χ4n) is 3.13. The van der Waals surface area contributed by atoms with Gasteiger partial charge in [0.15, 0.2) is 0 Å². The molecule has 0 saturated heterocycles. The average molecular weight is 409 g/mol. The first kappa shape index (κ1) is 19.2. The van der Waals surface area contributed by atoms with Crippen LogP contribution in [0, 0.1) is 0 Å². The van der Waals surface area contributed by atoms with E-state index in [9.17, 15) is 0 Å². The van der Waals surface area contributed by atoms with Crippen LogP contribution in [0.3, 0.4) is 0 Å². The molecule has 3 aromatic carbocycles. The highest BCUT2D eigenvalue weighted by Crippen LogP contribution is 2.25. The van der Waals surface area contributed by atoms with E-state index in [2.05, 4.69) is 4.57 Å². The molecule has 0 atom stereocenters. The maximum Gasteiger partial charge on any atom is 0.148 e. The Balaban J connectivity index is 1.51. The molecule has 29 heavy (non-hydrogen) atoms. The third-order valence-corrected chi connectivity index (χ3v) is 4.86. The maximum atomic E-state index is 6.20. The predicted molar refractivity (Wildman–Crippen MR) is 114 cm³/mol. The van der Waals surface area contributed by atoms with Gasteiger partial charge in [-0.25, -0.2) is 4.98 Å². The quantitative estimate of drug-likeness (QED) is 0.394. The fraction of sp³-hybridized carbons (Fsp3) is 0.174. The molecule has 1 heterocycles. The minimum absolute atomic E-state index is 0.317. The lowest BCUT2D eigenvalue weighted by atomic mass is 10.3. The van der Waals surface area contributed by atoms with Crippen LogP contribution in [0.1, 0.15) is 5.82 Å². The van der Waals surface area contributed by atoms with Gasteiger partial charge in [-0.05, 0) is 36.4 Å². The van der Waals surface area contributed by atoms with Crippen molar-refractivity contribution < 1.29 is 14.2 Å². The summed E-state index contributed by atoms with van der Waals surface area (Å²) in [5.41, 5.74) is 1.96. The van der Waals surface area contributed by atoms with Crippen LogP contribution < -0.4 is 14.2 Å². The predicted octanol–water partition coefficient (Wildman–Crippen LogP) is 5.36. The highest BCUT2D eigenvalue weighted by molar-refractivity contribution is 6.32. The number of benzene rings is 3. The number of nitrogens with zero attached hydrogens (tertiary/aromatic N) is 2. The lowest BCUT2D eigenvalue weighted by Gasteiger charge is -2.12. The Labute approximate surface area is 174 Å². The number of halogens is 1. The molecule has 0 aliphatic heterocycles. The molecule has 1 aromatic heterocycles. The molecule has 0 aliphatic rings. The molecule has 0 aliphatic carbocycles. The van der Waals surface area contributed by atoms with Crippen molar-refractivity contribution in [2.45, 2.75) is 13.2 Å². The van der Waals surface area contributed by atoms with E-state index in [-0.39, 0.29) is 0 Å². The molecule has 0 bridgehead atoms. The standard InChI is InChI=1S/C23H21ClN2O3/c1-27-17-7-6-8-18(15-17)28-14-13-26-21-11-4-3-10-20(21)25-23(26)16-29-22-12-5-2-9-19(22)24/h2-12,15H,13-14,16H2,1H3. The zero-order valence-electron chi connectivity index (χ0n) is 16.0. The van der Waals surface area contributed by atoms with Crippen LogP contribution in [0.15, 0.2) is 72.8 Å². The van der Waals surface area contributed by atoms with Gasteiger partial charge in [-0.15, -0.1) is 0 Å². The SMILES string of the molecule is COc1cccc(OCCn2c(COc3ccccc3Cl)nc3ccccc32)c1. The van der Waals surface area contributed by atoms with E-state index in [1.54, 1.807) is 7.11 Å². The van der Waals surface area contributed by atoms with Gasteiger partial charge >= 0.3 is 0 Å². The van der Waals surface area contributed by atoms with Crippen LogP contribution in [0.2, 0.25) is 5.02 Å². The molecule has 0 spiro atoms. The molecule has 0 amide bonds. The minimum Gasteiger partial charge on any atom is -0.497 e. The average Bonchev–Trinajstić information content (AvgIpc) is 3.11. The van der Waals surface area contributed by atoms with Gasteiger partial charge in [0.25, 0.3) is 0 Å². The fourth-order valence-corrected chi connectivity index (χ4v) is 3.33. The van der Waals surface area contributed by atoms with E-state index in [1.807, 2.05) is 72.8 Å². The van der Waals surface area contributed by atoms with Crippen LogP contribution in [-0.2, 0) is 13.2 Å². The first-order valence-corrected chi connectivity index (χ1v) is 9.71. The molecular formula is C23H21ClN2O3. The van der Waals surface area contributed by atoms with Crippen LogP contribution in [0.25, 0.3) is 11.0 Å². The van der Waals surface area contributed by atoms with Gasteiger partial charge in [-0.3, -0.25) is 0 Å². The van der Waals surface area contributed by atoms with Crippen molar-refractivity contribution in [3.63, 3.8) is 0 Å². The topological polar surface area (TPSA) is 45.5 Å². The van der Waals surface area contributed by atoms with E-state index in [1.165, 1.54) is 0 Å². The molecule has 0 N–H and O–H groups in total. The maximum absolute atomic E-state index is 6.20. The summed E-state index contributed by atoms with van der Waals surface area (Å²) in [4.78, 5) is 4.73.